The molecule has 18 heteroatoms. The molecule has 4 N–H and O–H groups in total. The number of fused-ring (bicyclic) bond motifs is 2. The number of hydrogen-bond acceptors (Lipinski definition) is 12. The molecule has 0 radical (unpaired) electrons. The van der Waals surface area contributed by atoms with E-state index in [4.69, 9.17) is 4.98 Å². The number of hydrogen-bond donors (Lipinski definition) is 4. The zero-order valence-corrected chi connectivity index (χ0v) is 35.1. The molecule has 2 saturated heterocycles. The van der Waals surface area contributed by atoms with E-state index in [9.17, 15) is 42.3 Å². The van der Waals surface area contributed by atoms with E-state index in [1.54, 1.807) is 24.3 Å². The van der Waals surface area contributed by atoms with Gasteiger partial charge in [0.15, 0.2) is 5.65 Å². The van der Waals surface area contributed by atoms with E-state index in [1.807, 2.05) is 0 Å². The largest absolute Gasteiger partial charge is 0.433 e. The van der Waals surface area contributed by atoms with Crippen molar-refractivity contribution in [3.05, 3.63) is 75.7 Å². The predicted molar refractivity (Wildman–Crippen MR) is 222 cm³/mol. The second kappa shape index (κ2) is 15.8. The first kappa shape index (κ1) is 42.0. The van der Waals surface area contributed by atoms with Crippen LogP contribution in [0.3, 0.4) is 0 Å². The number of aliphatic hydroxyl groups is 1. The standard InChI is InChI=1S/C44H47F3N8O6S/c1-42(2,61)35-29(50-37(57)28-7-4-8-32(49-28)44(45,46)47)17-31-36(52-35)53-39(62-31)25-11-9-23(10-12-25)20-54-21-43(22-54)18-24(19-43)15-16-48-27-6-3-5-26-34(27)41(60)55(40(26)59)30-13-14-33(56)51-38(30)58/h3-8,17,23-25,30,48,61H,9-16,18-22H2,1-2H3,(H,50,57)(H,51,56,58). The Morgan fingerprint density at radius 2 is 1.68 bits per heavy atom. The minimum absolute atomic E-state index is 0.0743. The van der Waals surface area contributed by atoms with E-state index in [1.165, 1.54) is 44.1 Å². The molecular weight excluding hydrogens is 826 g/mol. The summed E-state index contributed by atoms with van der Waals surface area (Å²) in [4.78, 5) is 80.3. The van der Waals surface area contributed by atoms with E-state index in [0.29, 0.717) is 39.8 Å². The highest BCUT2D eigenvalue weighted by molar-refractivity contribution is 7.18. The van der Waals surface area contributed by atoms with Crippen molar-refractivity contribution in [2.45, 2.75) is 95.4 Å². The second-order valence-corrected chi connectivity index (χ2v) is 19.3. The summed E-state index contributed by atoms with van der Waals surface area (Å²) in [5.74, 6) is -1.47. The molecule has 5 amide bonds. The average Bonchev–Trinajstić information content (AvgIpc) is 3.73. The maximum absolute atomic E-state index is 13.4. The number of anilines is 2. The molecule has 14 nitrogen and oxygen atoms in total. The molecule has 6 heterocycles. The summed E-state index contributed by atoms with van der Waals surface area (Å²) in [5, 5.41) is 20.1. The second-order valence-electron chi connectivity index (χ2n) is 18.2. The maximum Gasteiger partial charge on any atom is 0.433 e. The number of alkyl halides is 3. The van der Waals surface area contributed by atoms with Gasteiger partial charge in [-0.15, -0.1) is 11.3 Å². The lowest BCUT2D eigenvalue weighted by atomic mass is 9.57. The van der Waals surface area contributed by atoms with Gasteiger partial charge in [0.25, 0.3) is 17.7 Å². The zero-order valence-electron chi connectivity index (χ0n) is 34.3. The molecule has 1 spiro atoms. The topological polar surface area (TPSA) is 187 Å². The van der Waals surface area contributed by atoms with Crippen LogP contribution in [-0.4, -0.2) is 91.6 Å². The number of benzene rings is 1. The number of nitrogens with zero attached hydrogens (tertiary/aromatic N) is 5. The quantitative estimate of drug-likeness (QED) is 0.121. The zero-order chi connectivity index (χ0) is 43.7. The van der Waals surface area contributed by atoms with Crippen LogP contribution >= 0.6 is 11.3 Å². The number of rotatable bonds is 11. The van der Waals surface area contributed by atoms with Gasteiger partial charge < -0.3 is 20.6 Å². The van der Waals surface area contributed by atoms with Gasteiger partial charge in [0, 0.05) is 44.2 Å². The highest BCUT2D eigenvalue weighted by Crippen LogP contribution is 2.53. The highest BCUT2D eigenvalue weighted by atomic mass is 32.1. The molecule has 9 rings (SSSR count). The van der Waals surface area contributed by atoms with Crippen LogP contribution in [0.25, 0.3) is 10.3 Å². The first-order valence-electron chi connectivity index (χ1n) is 21.2. The number of piperidine rings is 1. The number of amides is 5. The molecule has 326 valence electrons. The third kappa shape index (κ3) is 8.07. The fourth-order valence-electron chi connectivity index (χ4n) is 10.2. The van der Waals surface area contributed by atoms with Crippen molar-refractivity contribution in [2.24, 2.45) is 17.3 Å². The first-order valence-corrected chi connectivity index (χ1v) is 22.0. The number of aromatic nitrogens is 3. The van der Waals surface area contributed by atoms with E-state index >= 15 is 0 Å². The molecule has 5 aliphatic rings. The highest BCUT2D eigenvalue weighted by Gasteiger charge is 2.52. The molecule has 62 heavy (non-hydrogen) atoms. The van der Waals surface area contributed by atoms with E-state index in [-0.39, 0.29) is 41.3 Å². The summed E-state index contributed by atoms with van der Waals surface area (Å²) in [6, 6.07) is 8.92. The van der Waals surface area contributed by atoms with Crippen molar-refractivity contribution in [2.75, 3.05) is 36.8 Å². The lowest BCUT2D eigenvalue weighted by Gasteiger charge is -2.60. The molecule has 1 atom stereocenters. The molecule has 2 aliphatic carbocycles. The fourth-order valence-corrected chi connectivity index (χ4v) is 11.3. The Morgan fingerprint density at radius 1 is 0.935 bits per heavy atom. The molecule has 0 bridgehead atoms. The summed E-state index contributed by atoms with van der Waals surface area (Å²) < 4.78 is 40.5. The molecule has 2 saturated carbocycles. The number of imide groups is 2. The van der Waals surface area contributed by atoms with Gasteiger partial charge in [0.1, 0.15) is 23.0 Å². The number of carbonyl (C=O) groups is 5. The third-order valence-electron chi connectivity index (χ3n) is 13.1. The van der Waals surface area contributed by atoms with Gasteiger partial charge in [-0.2, -0.15) is 13.2 Å². The lowest BCUT2D eigenvalue weighted by Crippen LogP contribution is -2.63. The Labute approximate surface area is 359 Å². The van der Waals surface area contributed by atoms with Crippen molar-refractivity contribution in [1.82, 2.24) is 30.1 Å². The summed E-state index contributed by atoms with van der Waals surface area (Å²) in [5.41, 5.74) is -0.762. The number of likely N-dealkylation sites (tertiary alicyclic amines) is 1. The molecule has 1 unspecified atom stereocenters. The van der Waals surface area contributed by atoms with Crippen molar-refractivity contribution in [1.29, 1.82) is 0 Å². The number of nitrogens with one attached hydrogen (secondary N) is 3. The Kier molecular flexibility index (Phi) is 10.7. The number of carbonyl (C=O) groups excluding carboxylic acids is 5. The summed E-state index contributed by atoms with van der Waals surface area (Å²) in [6.45, 7) is 6.98. The van der Waals surface area contributed by atoms with Crippen molar-refractivity contribution >= 4 is 62.6 Å². The predicted octanol–water partition coefficient (Wildman–Crippen LogP) is 6.47. The van der Waals surface area contributed by atoms with Gasteiger partial charge in [-0.05, 0) is 113 Å². The van der Waals surface area contributed by atoms with Crippen LogP contribution in [0.5, 0.6) is 0 Å². The summed E-state index contributed by atoms with van der Waals surface area (Å²) in [6.07, 6.45) is 2.90. The summed E-state index contributed by atoms with van der Waals surface area (Å²) in [7, 11) is 0. The van der Waals surface area contributed by atoms with Gasteiger partial charge in [0.2, 0.25) is 11.8 Å². The molecular formula is C44H47F3N8O6S. The lowest BCUT2D eigenvalue weighted by molar-refractivity contribution is -0.141. The van der Waals surface area contributed by atoms with E-state index < -0.39 is 58.7 Å². The van der Waals surface area contributed by atoms with Crippen molar-refractivity contribution in [3.8, 4) is 0 Å². The Hall–Kier alpha value is -5.33. The van der Waals surface area contributed by atoms with Gasteiger partial charge in [-0.1, -0.05) is 12.1 Å². The van der Waals surface area contributed by atoms with Crippen molar-refractivity contribution in [3.63, 3.8) is 0 Å². The van der Waals surface area contributed by atoms with Crippen LogP contribution in [0.15, 0.2) is 42.5 Å². The Balaban J connectivity index is 0.735. The smallest absolute Gasteiger partial charge is 0.384 e. The Morgan fingerprint density at radius 3 is 2.39 bits per heavy atom. The van der Waals surface area contributed by atoms with Crippen LogP contribution < -0.4 is 16.0 Å². The van der Waals surface area contributed by atoms with Crippen molar-refractivity contribution < 1.29 is 42.3 Å². The molecule has 4 aromatic rings. The number of pyridine rings is 2. The number of thiazole rings is 1. The molecule has 3 aromatic heterocycles. The van der Waals surface area contributed by atoms with Crippen LogP contribution in [0.4, 0.5) is 24.5 Å². The van der Waals surface area contributed by atoms with Crippen LogP contribution in [0.1, 0.15) is 125 Å². The average molecular weight is 873 g/mol. The molecule has 3 aliphatic heterocycles. The third-order valence-corrected chi connectivity index (χ3v) is 14.3. The molecule has 4 fully saturated rings. The maximum atomic E-state index is 13.4. The molecule has 1 aromatic carbocycles. The van der Waals surface area contributed by atoms with E-state index in [2.05, 4.69) is 30.8 Å². The SMILES string of the molecule is CC(C)(O)c1nc2nc(C3CCC(CN4CC5(CC(CCNc6cccc7c6C(=O)N(C6CCC(=O)NC6=O)C7=O)C5)C4)CC3)sc2cc1NC(=O)c1cccc(C(F)(F)F)n1. The Bertz CT molecular complexity index is 2480. The minimum Gasteiger partial charge on any atom is -0.384 e. The van der Waals surface area contributed by atoms with Gasteiger partial charge >= 0.3 is 6.18 Å². The van der Waals surface area contributed by atoms with Gasteiger partial charge in [-0.25, -0.2) is 15.0 Å². The minimum atomic E-state index is -4.70. The fraction of sp³-hybridized carbons (Fsp3) is 0.500. The van der Waals surface area contributed by atoms with E-state index in [0.717, 1.165) is 73.8 Å². The van der Waals surface area contributed by atoms with Crippen LogP contribution in [0, 0.1) is 17.3 Å². The van der Waals surface area contributed by atoms with Gasteiger partial charge in [-0.3, -0.25) is 34.2 Å². The first-order chi connectivity index (χ1) is 29.4. The van der Waals surface area contributed by atoms with Gasteiger partial charge in [0.05, 0.1) is 32.2 Å². The summed E-state index contributed by atoms with van der Waals surface area (Å²) >= 11 is 1.48. The normalized spacial score (nSPS) is 23.0. The number of halogens is 3. The van der Waals surface area contributed by atoms with Crippen LogP contribution in [-0.2, 0) is 21.4 Å². The van der Waals surface area contributed by atoms with Crippen LogP contribution in [0.2, 0.25) is 0 Å². The monoisotopic (exact) mass is 872 g/mol.